The molecule has 1 aromatic carbocycles. The lowest BCUT2D eigenvalue weighted by Crippen LogP contribution is -2.45. The Morgan fingerprint density at radius 2 is 1.95 bits per heavy atom. The molecule has 2 rings (SSSR count). The first kappa shape index (κ1) is 15.6. The number of amides is 2. The number of urea groups is 1. The molecular weight excluding hydrogens is 266 g/mol. The summed E-state index contributed by atoms with van der Waals surface area (Å²) in [5.74, 6) is 0. The zero-order valence-corrected chi connectivity index (χ0v) is 12.9. The van der Waals surface area contributed by atoms with Gasteiger partial charge in [0, 0.05) is 31.0 Å². The summed E-state index contributed by atoms with van der Waals surface area (Å²) in [6, 6.07) is 7.60. The summed E-state index contributed by atoms with van der Waals surface area (Å²) in [5, 5.41) is 12.7. The Morgan fingerprint density at radius 1 is 1.29 bits per heavy atom. The van der Waals surface area contributed by atoms with Crippen LogP contribution in [-0.4, -0.2) is 41.9 Å². The van der Waals surface area contributed by atoms with E-state index in [4.69, 9.17) is 0 Å². The molecule has 0 spiro atoms. The van der Waals surface area contributed by atoms with E-state index < -0.39 is 6.23 Å². The molecule has 1 atom stereocenters. The number of hydrogen-bond donors (Lipinski definition) is 2. The van der Waals surface area contributed by atoms with Gasteiger partial charge in [0.2, 0.25) is 0 Å². The number of aliphatic hydroxyl groups is 1. The fourth-order valence-electron chi connectivity index (χ4n) is 2.69. The van der Waals surface area contributed by atoms with E-state index in [1.54, 1.807) is 0 Å². The molecule has 1 fully saturated rings. The molecule has 1 aliphatic rings. The van der Waals surface area contributed by atoms with Crippen molar-refractivity contribution in [2.75, 3.05) is 29.9 Å². The fraction of sp³-hybridized carbons (Fsp3) is 0.562. The predicted molar refractivity (Wildman–Crippen MR) is 85.6 cm³/mol. The van der Waals surface area contributed by atoms with E-state index >= 15 is 0 Å². The number of likely N-dealkylation sites (tertiary alicyclic amines) is 1. The molecule has 1 saturated heterocycles. The van der Waals surface area contributed by atoms with Gasteiger partial charge in [-0.3, -0.25) is 4.90 Å². The summed E-state index contributed by atoms with van der Waals surface area (Å²) in [5.41, 5.74) is 1.91. The van der Waals surface area contributed by atoms with Gasteiger partial charge in [-0.05, 0) is 57.4 Å². The maximum absolute atomic E-state index is 12.2. The third-order valence-electron chi connectivity index (χ3n) is 3.98. The molecule has 5 heteroatoms. The molecule has 1 unspecified atom stereocenters. The number of nitrogens with zero attached hydrogens (tertiary/aromatic N) is 2. The highest BCUT2D eigenvalue weighted by molar-refractivity contribution is 5.89. The Kier molecular flexibility index (Phi) is 5.44. The lowest BCUT2D eigenvalue weighted by molar-refractivity contribution is 0.00859. The first-order valence-corrected chi connectivity index (χ1v) is 7.76. The average Bonchev–Trinajstić information content (AvgIpc) is 2.50. The van der Waals surface area contributed by atoms with Crippen molar-refractivity contribution in [1.82, 2.24) is 4.90 Å². The van der Waals surface area contributed by atoms with Crippen molar-refractivity contribution >= 4 is 17.4 Å². The van der Waals surface area contributed by atoms with E-state index in [0.29, 0.717) is 13.0 Å². The second kappa shape index (κ2) is 7.31. The van der Waals surface area contributed by atoms with Crippen LogP contribution in [0.1, 0.15) is 33.1 Å². The second-order valence-electron chi connectivity index (χ2n) is 5.32. The Balaban J connectivity index is 1.98. The van der Waals surface area contributed by atoms with Gasteiger partial charge in [-0.1, -0.05) is 0 Å². The number of benzene rings is 1. The van der Waals surface area contributed by atoms with Gasteiger partial charge in [-0.2, -0.15) is 0 Å². The number of aliphatic hydroxyl groups excluding tert-OH is 1. The summed E-state index contributed by atoms with van der Waals surface area (Å²) in [4.78, 5) is 15.9. The molecule has 0 radical (unpaired) electrons. The molecule has 116 valence electrons. The molecule has 0 saturated carbocycles. The van der Waals surface area contributed by atoms with Gasteiger partial charge < -0.3 is 15.3 Å². The fourth-order valence-corrected chi connectivity index (χ4v) is 2.69. The van der Waals surface area contributed by atoms with E-state index in [0.717, 1.165) is 37.3 Å². The number of carbonyl (C=O) groups excluding carboxylic acids is 1. The van der Waals surface area contributed by atoms with Gasteiger partial charge in [-0.15, -0.1) is 0 Å². The Hall–Kier alpha value is -1.75. The first-order chi connectivity index (χ1) is 10.2. The van der Waals surface area contributed by atoms with E-state index in [1.165, 1.54) is 4.90 Å². The van der Waals surface area contributed by atoms with Crippen molar-refractivity contribution in [3.05, 3.63) is 24.3 Å². The van der Waals surface area contributed by atoms with Gasteiger partial charge in [0.25, 0.3) is 0 Å². The molecule has 21 heavy (non-hydrogen) atoms. The zero-order valence-electron chi connectivity index (χ0n) is 12.9. The van der Waals surface area contributed by atoms with E-state index in [2.05, 4.69) is 24.1 Å². The standard InChI is InChI=1S/C16H25N3O2/c1-3-18(4-2)14-10-8-13(9-11-14)17-16(21)19-12-6-5-7-15(19)20/h8-11,15,20H,3-7,12H2,1-2H3,(H,17,21). The van der Waals surface area contributed by atoms with Crippen LogP contribution >= 0.6 is 0 Å². The molecule has 1 heterocycles. The highest BCUT2D eigenvalue weighted by Gasteiger charge is 2.24. The topological polar surface area (TPSA) is 55.8 Å². The number of piperidine rings is 1. The number of rotatable bonds is 4. The van der Waals surface area contributed by atoms with Gasteiger partial charge in [0.05, 0.1) is 0 Å². The summed E-state index contributed by atoms with van der Waals surface area (Å²) < 4.78 is 0. The van der Waals surface area contributed by atoms with Crippen LogP contribution in [-0.2, 0) is 0 Å². The second-order valence-corrected chi connectivity index (χ2v) is 5.32. The predicted octanol–water partition coefficient (Wildman–Crippen LogP) is 2.87. The quantitative estimate of drug-likeness (QED) is 0.897. The monoisotopic (exact) mass is 291 g/mol. The van der Waals surface area contributed by atoms with Crippen molar-refractivity contribution in [3.63, 3.8) is 0 Å². The van der Waals surface area contributed by atoms with Crippen molar-refractivity contribution in [2.24, 2.45) is 0 Å². The molecule has 2 amide bonds. The highest BCUT2D eigenvalue weighted by Crippen LogP contribution is 2.20. The van der Waals surface area contributed by atoms with Gasteiger partial charge in [0.15, 0.2) is 0 Å². The van der Waals surface area contributed by atoms with Crippen molar-refractivity contribution in [2.45, 2.75) is 39.3 Å². The van der Waals surface area contributed by atoms with Crippen molar-refractivity contribution < 1.29 is 9.90 Å². The molecule has 5 nitrogen and oxygen atoms in total. The zero-order chi connectivity index (χ0) is 15.2. The molecule has 1 aromatic rings. The normalized spacial score (nSPS) is 18.4. The van der Waals surface area contributed by atoms with Crippen LogP contribution in [0.2, 0.25) is 0 Å². The molecule has 1 aliphatic heterocycles. The van der Waals surface area contributed by atoms with Crippen LogP contribution in [0.5, 0.6) is 0 Å². The Morgan fingerprint density at radius 3 is 2.52 bits per heavy atom. The Labute approximate surface area is 126 Å². The SMILES string of the molecule is CCN(CC)c1ccc(NC(=O)N2CCCCC2O)cc1. The highest BCUT2D eigenvalue weighted by atomic mass is 16.3. The summed E-state index contributed by atoms with van der Waals surface area (Å²) in [7, 11) is 0. The van der Waals surface area contributed by atoms with Crippen LogP contribution in [0.3, 0.4) is 0 Å². The van der Waals surface area contributed by atoms with E-state index in [9.17, 15) is 9.90 Å². The van der Waals surface area contributed by atoms with Crippen LogP contribution < -0.4 is 10.2 Å². The van der Waals surface area contributed by atoms with Crippen LogP contribution in [0.15, 0.2) is 24.3 Å². The van der Waals surface area contributed by atoms with Crippen LogP contribution in [0.25, 0.3) is 0 Å². The van der Waals surface area contributed by atoms with Gasteiger partial charge in [-0.25, -0.2) is 4.79 Å². The molecule has 0 aliphatic carbocycles. The molecule has 0 aromatic heterocycles. The maximum Gasteiger partial charge on any atom is 0.323 e. The number of carbonyl (C=O) groups is 1. The van der Waals surface area contributed by atoms with Crippen molar-refractivity contribution in [1.29, 1.82) is 0 Å². The minimum absolute atomic E-state index is 0.224. The lowest BCUT2D eigenvalue weighted by Gasteiger charge is -2.32. The number of anilines is 2. The average molecular weight is 291 g/mol. The number of hydrogen-bond acceptors (Lipinski definition) is 3. The minimum Gasteiger partial charge on any atom is -0.373 e. The largest absolute Gasteiger partial charge is 0.373 e. The summed E-state index contributed by atoms with van der Waals surface area (Å²) in [6.07, 6.45) is 1.93. The molecule has 2 N–H and O–H groups in total. The minimum atomic E-state index is -0.659. The van der Waals surface area contributed by atoms with Crippen LogP contribution in [0, 0.1) is 0 Å². The summed E-state index contributed by atoms with van der Waals surface area (Å²) >= 11 is 0. The molecule has 0 bridgehead atoms. The van der Waals surface area contributed by atoms with Crippen molar-refractivity contribution in [3.8, 4) is 0 Å². The van der Waals surface area contributed by atoms with E-state index in [-0.39, 0.29) is 6.03 Å². The number of nitrogens with one attached hydrogen (secondary N) is 1. The lowest BCUT2D eigenvalue weighted by atomic mass is 10.1. The smallest absolute Gasteiger partial charge is 0.323 e. The Bertz CT molecular complexity index is 457. The van der Waals surface area contributed by atoms with E-state index in [1.807, 2.05) is 24.3 Å². The maximum atomic E-state index is 12.2. The molecular formula is C16H25N3O2. The first-order valence-electron chi connectivity index (χ1n) is 7.76. The third kappa shape index (κ3) is 3.88. The third-order valence-corrected chi connectivity index (χ3v) is 3.98. The summed E-state index contributed by atoms with van der Waals surface area (Å²) in [6.45, 7) is 6.78. The van der Waals surface area contributed by atoms with Gasteiger partial charge in [0.1, 0.15) is 6.23 Å². The van der Waals surface area contributed by atoms with Crippen LogP contribution in [0.4, 0.5) is 16.2 Å². The van der Waals surface area contributed by atoms with Gasteiger partial charge >= 0.3 is 6.03 Å².